The van der Waals surface area contributed by atoms with Gasteiger partial charge in [0.2, 0.25) is 0 Å². The number of anilines is 1. The number of nitrogens with one attached hydrogen (secondary N) is 2. The summed E-state index contributed by atoms with van der Waals surface area (Å²) in [6, 6.07) is 5.70. The minimum Gasteiger partial charge on any atom is -0.496 e. The van der Waals surface area contributed by atoms with Crippen LogP contribution < -0.4 is 15.1 Å². The van der Waals surface area contributed by atoms with Crippen molar-refractivity contribution >= 4 is 29.9 Å². The Bertz CT molecular complexity index is 268. The number of aryl methyl sites for hydroxylation is 1. The number of hydrogen-bond acceptors (Lipinski definition) is 3. The summed E-state index contributed by atoms with van der Waals surface area (Å²) in [5.41, 5.74) is 4.73. The topological polar surface area (TPSA) is 33.3 Å². The summed E-state index contributed by atoms with van der Waals surface area (Å²) in [5, 5.41) is 0. The smallest absolute Gasteiger partial charge is 0.121 e. The first-order valence-corrected chi connectivity index (χ1v) is 3.92. The quantitative estimate of drug-likeness (QED) is 0.610. The third-order valence-corrected chi connectivity index (χ3v) is 1.68. The fourth-order valence-corrected chi connectivity index (χ4v) is 1.12. The van der Waals surface area contributed by atoms with Gasteiger partial charge in [-0.25, -0.2) is 0 Å². The van der Waals surface area contributed by atoms with Gasteiger partial charge in [-0.15, -0.1) is 17.4 Å². The Hall–Kier alpha value is -0.640. The van der Waals surface area contributed by atoms with Crippen molar-refractivity contribution in [3.8, 4) is 5.75 Å². The summed E-state index contributed by atoms with van der Waals surface area (Å²) in [5.74, 6) is 0.870. The predicted octanol–water partition coefficient (Wildman–Crippen LogP) is 2.50. The first kappa shape index (κ1) is 12.4. The molecule has 0 radical (unpaired) electrons. The molecule has 0 aliphatic rings. The molecule has 3 nitrogen and oxygen atoms in total. The molecule has 0 aliphatic carbocycles. The van der Waals surface area contributed by atoms with Crippen LogP contribution in [0.4, 0.5) is 5.69 Å². The Labute approximate surface area is 88.9 Å². The van der Waals surface area contributed by atoms with Crippen LogP contribution in [0.15, 0.2) is 18.2 Å². The number of hydrazine groups is 1. The molecule has 0 saturated carbocycles. The van der Waals surface area contributed by atoms with Crippen LogP contribution in [0.3, 0.4) is 0 Å². The van der Waals surface area contributed by atoms with Gasteiger partial charge in [0.1, 0.15) is 5.75 Å². The van der Waals surface area contributed by atoms with Crippen LogP contribution in [0.1, 0.15) is 5.56 Å². The molecule has 1 aromatic rings. The maximum atomic E-state index is 5.27. The summed E-state index contributed by atoms with van der Waals surface area (Å²) in [6.45, 7) is 1.97. The highest BCUT2D eigenvalue weighted by Gasteiger charge is 1.97. The van der Waals surface area contributed by atoms with E-state index in [1.54, 1.807) is 7.11 Å². The van der Waals surface area contributed by atoms with Gasteiger partial charge in [-0.1, -0.05) is 0 Å². The number of hydrogen-bond donors (Lipinski definition) is 2. The van der Waals surface area contributed by atoms with Crippen LogP contribution in [0, 0.1) is 6.92 Å². The van der Waals surface area contributed by atoms with Crippen LogP contribution in [0.25, 0.3) is 0 Å². The van der Waals surface area contributed by atoms with Crippen LogP contribution >= 0.6 is 24.2 Å². The minimum absolute atomic E-state index is 0. The molecule has 0 amide bonds. The number of ether oxygens (including phenoxy) is 1. The van der Waals surface area contributed by atoms with Crippen molar-refractivity contribution < 1.29 is 4.74 Å². The van der Waals surface area contributed by atoms with E-state index >= 15 is 0 Å². The van der Waals surface area contributed by atoms with E-state index in [-0.39, 0.29) is 12.4 Å². The number of methoxy groups -OCH3 is 1. The van der Waals surface area contributed by atoms with Gasteiger partial charge in [0, 0.05) is 0 Å². The Morgan fingerprint density at radius 1 is 1.38 bits per heavy atom. The van der Waals surface area contributed by atoms with Crippen LogP contribution in [-0.4, -0.2) is 7.11 Å². The first-order valence-electron chi connectivity index (χ1n) is 3.54. The third kappa shape index (κ3) is 3.30. The lowest BCUT2D eigenvalue weighted by Gasteiger charge is -2.07. The molecule has 0 aliphatic heterocycles. The van der Waals surface area contributed by atoms with Crippen molar-refractivity contribution in [2.45, 2.75) is 6.92 Å². The summed E-state index contributed by atoms with van der Waals surface area (Å²) in [6.07, 6.45) is 0. The van der Waals surface area contributed by atoms with E-state index in [2.05, 4.69) is 10.4 Å². The van der Waals surface area contributed by atoms with E-state index in [9.17, 15) is 0 Å². The largest absolute Gasteiger partial charge is 0.496 e. The van der Waals surface area contributed by atoms with Crippen molar-refractivity contribution in [2.24, 2.45) is 0 Å². The zero-order valence-electron chi connectivity index (χ0n) is 7.43. The second kappa shape index (κ2) is 5.91. The SMILES string of the molecule is COc1ccc(NNCl)cc1C.Cl. The van der Waals surface area contributed by atoms with E-state index in [4.69, 9.17) is 16.5 Å². The molecule has 1 aromatic carbocycles. The third-order valence-electron chi connectivity index (χ3n) is 1.59. The normalized spacial score (nSPS) is 8.85. The molecular formula is C8H12Cl2N2O. The van der Waals surface area contributed by atoms with E-state index in [0.29, 0.717) is 0 Å². The molecule has 2 N–H and O–H groups in total. The van der Waals surface area contributed by atoms with Gasteiger partial charge in [-0.2, -0.15) is 0 Å². The molecule has 0 aromatic heterocycles. The predicted molar refractivity (Wildman–Crippen MR) is 57.6 cm³/mol. The summed E-state index contributed by atoms with van der Waals surface area (Å²) in [4.78, 5) is 2.33. The molecule has 0 bridgehead atoms. The molecule has 0 saturated heterocycles. The molecule has 5 heteroatoms. The molecule has 0 heterocycles. The lowest BCUT2D eigenvalue weighted by Crippen LogP contribution is -2.08. The molecular weight excluding hydrogens is 211 g/mol. The van der Waals surface area contributed by atoms with E-state index < -0.39 is 0 Å². The van der Waals surface area contributed by atoms with E-state index in [0.717, 1.165) is 17.0 Å². The number of rotatable bonds is 3. The lowest BCUT2D eigenvalue weighted by atomic mass is 10.2. The zero-order chi connectivity index (χ0) is 8.97. The fraction of sp³-hybridized carbons (Fsp3) is 0.250. The molecule has 0 fully saturated rings. The summed E-state index contributed by atoms with van der Waals surface area (Å²) in [7, 11) is 1.65. The molecule has 1 rings (SSSR count). The highest BCUT2D eigenvalue weighted by Crippen LogP contribution is 2.20. The second-order valence-electron chi connectivity index (χ2n) is 2.40. The molecule has 13 heavy (non-hydrogen) atoms. The Morgan fingerprint density at radius 3 is 2.54 bits per heavy atom. The van der Waals surface area contributed by atoms with Gasteiger partial charge in [0.05, 0.1) is 12.8 Å². The van der Waals surface area contributed by atoms with Gasteiger partial charge in [-0.05, 0) is 42.5 Å². The second-order valence-corrected chi connectivity index (χ2v) is 2.59. The average Bonchev–Trinajstić information content (AvgIpc) is 2.05. The fourth-order valence-electron chi connectivity index (χ4n) is 1.01. The van der Waals surface area contributed by atoms with Crippen LogP contribution in [-0.2, 0) is 0 Å². The van der Waals surface area contributed by atoms with Gasteiger partial charge in [0.15, 0.2) is 0 Å². The van der Waals surface area contributed by atoms with Crippen molar-refractivity contribution in [3.63, 3.8) is 0 Å². The first-order chi connectivity index (χ1) is 5.77. The average molecular weight is 223 g/mol. The van der Waals surface area contributed by atoms with Gasteiger partial charge < -0.3 is 10.2 Å². The molecule has 74 valence electrons. The monoisotopic (exact) mass is 222 g/mol. The van der Waals surface area contributed by atoms with Crippen molar-refractivity contribution in [1.82, 2.24) is 4.94 Å². The summed E-state index contributed by atoms with van der Waals surface area (Å²) >= 11 is 5.27. The van der Waals surface area contributed by atoms with Crippen LogP contribution in [0.5, 0.6) is 5.75 Å². The highest BCUT2D eigenvalue weighted by molar-refractivity contribution is 6.13. The van der Waals surface area contributed by atoms with Gasteiger partial charge in [0.25, 0.3) is 0 Å². The molecule has 0 unspecified atom stereocenters. The minimum atomic E-state index is 0. The van der Waals surface area contributed by atoms with Crippen molar-refractivity contribution in [2.75, 3.05) is 12.5 Å². The highest BCUT2D eigenvalue weighted by atomic mass is 35.5. The number of halogens is 2. The standard InChI is InChI=1S/C8H11ClN2O.ClH/c1-6-5-7(10-11-9)3-4-8(6)12-2;/h3-5,10-11H,1-2H3;1H. The van der Waals surface area contributed by atoms with Crippen LogP contribution in [0.2, 0.25) is 0 Å². The molecule has 0 atom stereocenters. The van der Waals surface area contributed by atoms with Gasteiger partial charge >= 0.3 is 0 Å². The maximum absolute atomic E-state index is 5.27. The zero-order valence-corrected chi connectivity index (χ0v) is 9.00. The summed E-state index contributed by atoms with van der Waals surface area (Å²) < 4.78 is 5.10. The Balaban J connectivity index is 0.00000144. The lowest BCUT2D eigenvalue weighted by molar-refractivity contribution is 0.412. The number of benzene rings is 1. The Morgan fingerprint density at radius 2 is 2.08 bits per heavy atom. The Kier molecular flexibility index (Phi) is 5.62. The van der Waals surface area contributed by atoms with E-state index in [1.807, 2.05) is 25.1 Å². The van der Waals surface area contributed by atoms with E-state index in [1.165, 1.54) is 0 Å². The van der Waals surface area contributed by atoms with Crippen molar-refractivity contribution in [1.29, 1.82) is 0 Å². The maximum Gasteiger partial charge on any atom is 0.121 e. The van der Waals surface area contributed by atoms with Crippen molar-refractivity contribution in [3.05, 3.63) is 23.8 Å². The van der Waals surface area contributed by atoms with Gasteiger partial charge in [-0.3, -0.25) is 0 Å². The molecule has 0 spiro atoms.